The van der Waals surface area contributed by atoms with Crippen LogP contribution in [0, 0.1) is 13.8 Å². The van der Waals surface area contributed by atoms with Gasteiger partial charge in [0.05, 0.1) is 11.4 Å². The molecule has 1 aromatic carbocycles. The van der Waals surface area contributed by atoms with Crippen LogP contribution in [-0.4, -0.2) is 27.7 Å². The highest BCUT2D eigenvalue weighted by molar-refractivity contribution is 9.10. The van der Waals surface area contributed by atoms with Gasteiger partial charge >= 0.3 is 0 Å². The predicted molar refractivity (Wildman–Crippen MR) is 109 cm³/mol. The third-order valence-electron chi connectivity index (χ3n) is 4.25. The van der Waals surface area contributed by atoms with E-state index in [1.165, 1.54) is 0 Å². The van der Waals surface area contributed by atoms with E-state index in [-0.39, 0.29) is 11.8 Å². The van der Waals surface area contributed by atoms with E-state index >= 15 is 0 Å². The number of imidazole rings is 1. The van der Waals surface area contributed by atoms with Crippen LogP contribution in [0.15, 0.2) is 47.1 Å². The standard InChI is InChI=1S/C20H21BrN4O2/c1-13-7-6-12-25-18(14(2)23-19(13)25)20(27)22-11-5-10-17(26)24-16-9-4-3-8-15(16)21/h3-4,6-9,12H,5,10-11H2,1-2H3,(H,22,27)(H,24,26). The molecule has 2 heterocycles. The van der Waals surface area contributed by atoms with Crippen molar-refractivity contribution >= 4 is 39.1 Å². The first-order valence-corrected chi connectivity index (χ1v) is 9.53. The van der Waals surface area contributed by atoms with Crippen molar-refractivity contribution in [2.45, 2.75) is 26.7 Å². The van der Waals surface area contributed by atoms with Crippen LogP contribution in [-0.2, 0) is 4.79 Å². The number of benzene rings is 1. The Hall–Kier alpha value is -2.67. The number of hydrogen-bond donors (Lipinski definition) is 2. The largest absolute Gasteiger partial charge is 0.351 e. The Morgan fingerprint density at radius 2 is 1.93 bits per heavy atom. The molecule has 0 radical (unpaired) electrons. The highest BCUT2D eigenvalue weighted by Gasteiger charge is 2.17. The van der Waals surface area contributed by atoms with Crippen LogP contribution < -0.4 is 10.6 Å². The molecule has 6 nitrogen and oxygen atoms in total. The fourth-order valence-corrected chi connectivity index (χ4v) is 3.28. The Morgan fingerprint density at radius 1 is 1.15 bits per heavy atom. The van der Waals surface area contributed by atoms with Crippen LogP contribution in [0.3, 0.4) is 0 Å². The minimum Gasteiger partial charge on any atom is -0.351 e. The van der Waals surface area contributed by atoms with Gasteiger partial charge in [-0.05, 0) is 60.0 Å². The Balaban J connectivity index is 1.53. The molecule has 2 amide bonds. The Morgan fingerprint density at radius 3 is 2.70 bits per heavy atom. The summed E-state index contributed by atoms with van der Waals surface area (Å²) in [6.45, 7) is 4.21. The van der Waals surface area contributed by atoms with Gasteiger partial charge in [0.15, 0.2) is 0 Å². The molecule has 0 unspecified atom stereocenters. The third kappa shape index (κ3) is 4.36. The van der Waals surface area contributed by atoms with Crippen LogP contribution in [0.25, 0.3) is 5.65 Å². The molecule has 0 fully saturated rings. The zero-order valence-corrected chi connectivity index (χ0v) is 16.8. The zero-order valence-electron chi connectivity index (χ0n) is 15.3. The van der Waals surface area contributed by atoms with Gasteiger partial charge in [0.25, 0.3) is 5.91 Å². The lowest BCUT2D eigenvalue weighted by molar-refractivity contribution is -0.116. The molecule has 140 valence electrons. The molecule has 0 aliphatic rings. The lowest BCUT2D eigenvalue weighted by Crippen LogP contribution is -2.27. The molecule has 0 aliphatic carbocycles. The number of carbonyl (C=O) groups is 2. The van der Waals surface area contributed by atoms with Gasteiger partial charge < -0.3 is 10.6 Å². The Bertz CT molecular complexity index is 997. The van der Waals surface area contributed by atoms with Crippen LogP contribution in [0.2, 0.25) is 0 Å². The zero-order chi connectivity index (χ0) is 19.4. The van der Waals surface area contributed by atoms with Gasteiger partial charge in [-0.1, -0.05) is 18.2 Å². The number of nitrogens with zero attached hydrogens (tertiary/aromatic N) is 2. The van der Waals surface area contributed by atoms with Crippen molar-refractivity contribution in [2.75, 3.05) is 11.9 Å². The van der Waals surface area contributed by atoms with Crippen molar-refractivity contribution in [3.8, 4) is 0 Å². The van der Waals surface area contributed by atoms with Gasteiger partial charge in [-0.3, -0.25) is 14.0 Å². The van der Waals surface area contributed by atoms with Crippen molar-refractivity contribution in [3.05, 3.63) is 64.0 Å². The Kier molecular flexibility index (Phi) is 5.91. The van der Waals surface area contributed by atoms with Gasteiger partial charge in [-0.15, -0.1) is 0 Å². The first-order chi connectivity index (χ1) is 13.0. The second-order valence-electron chi connectivity index (χ2n) is 6.32. The molecule has 7 heteroatoms. The molecular formula is C20H21BrN4O2. The summed E-state index contributed by atoms with van der Waals surface area (Å²) in [7, 11) is 0. The number of anilines is 1. The maximum absolute atomic E-state index is 12.6. The summed E-state index contributed by atoms with van der Waals surface area (Å²) in [5, 5.41) is 5.73. The summed E-state index contributed by atoms with van der Waals surface area (Å²) >= 11 is 3.40. The third-order valence-corrected chi connectivity index (χ3v) is 4.94. The lowest BCUT2D eigenvalue weighted by Gasteiger charge is -2.08. The van der Waals surface area contributed by atoms with Crippen molar-refractivity contribution in [2.24, 2.45) is 0 Å². The summed E-state index contributed by atoms with van der Waals surface area (Å²) < 4.78 is 2.64. The van der Waals surface area contributed by atoms with Gasteiger partial charge in [-0.25, -0.2) is 4.98 Å². The second kappa shape index (κ2) is 8.35. The summed E-state index contributed by atoms with van der Waals surface area (Å²) in [5.74, 6) is -0.269. The van der Waals surface area contributed by atoms with E-state index in [4.69, 9.17) is 0 Å². The van der Waals surface area contributed by atoms with Crippen molar-refractivity contribution in [1.29, 1.82) is 0 Å². The number of amides is 2. The van der Waals surface area contributed by atoms with E-state index in [0.29, 0.717) is 30.8 Å². The first kappa shape index (κ1) is 19.1. The first-order valence-electron chi connectivity index (χ1n) is 8.74. The van der Waals surface area contributed by atoms with Crippen LogP contribution in [0.5, 0.6) is 0 Å². The number of pyridine rings is 1. The maximum atomic E-state index is 12.6. The average Bonchev–Trinajstić information content (AvgIpc) is 2.98. The molecule has 0 aliphatic heterocycles. The van der Waals surface area contributed by atoms with Crippen molar-refractivity contribution < 1.29 is 9.59 Å². The molecule has 27 heavy (non-hydrogen) atoms. The van der Waals surface area contributed by atoms with Crippen molar-refractivity contribution in [3.63, 3.8) is 0 Å². The predicted octanol–water partition coefficient (Wildman–Crippen LogP) is 3.86. The van der Waals surface area contributed by atoms with E-state index in [1.54, 1.807) is 4.40 Å². The topological polar surface area (TPSA) is 75.5 Å². The number of para-hydroxylation sites is 1. The number of fused-ring (bicyclic) bond motifs is 1. The van der Waals surface area contributed by atoms with E-state index in [1.807, 2.05) is 56.4 Å². The molecule has 3 rings (SSSR count). The number of aromatic nitrogens is 2. The summed E-state index contributed by atoms with van der Waals surface area (Å²) in [4.78, 5) is 29.1. The van der Waals surface area contributed by atoms with Crippen LogP contribution in [0.4, 0.5) is 5.69 Å². The molecule has 2 aromatic heterocycles. The molecule has 2 N–H and O–H groups in total. The van der Waals surface area contributed by atoms with E-state index in [0.717, 1.165) is 21.4 Å². The average molecular weight is 429 g/mol. The fourth-order valence-electron chi connectivity index (χ4n) is 2.90. The fraction of sp³-hybridized carbons (Fsp3) is 0.250. The number of hydrogen-bond acceptors (Lipinski definition) is 3. The van der Waals surface area contributed by atoms with Crippen LogP contribution >= 0.6 is 15.9 Å². The Labute approximate surface area is 166 Å². The van der Waals surface area contributed by atoms with Gasteiger partial charge in [-0.2, -0.15) is 0 Å². The number of halogens is 1. The van der Waals surface area contributed by atoms with Crippen molar-refractivity contribution in [1.82, 2.24) is 14.7 Å². The number of aryl methyl sites for hydroxylation is 2. The summed E-state index contributed by atoms with van der Waals surface area (Å²) in [5.41, 5.74) is 3.76. The molecule has 0 saturated carbocycles. The molecule has 0 atom stereocenters. The molecule has 0 bridgehead atoms. The molecular weight excluding hydrogens is 408 g/mol. The second-order valence-corrected chi connectivity index (χ2v) is 7.17. The maximum Gasteiger partial charge on any atom is 0.270 e. The quantitative estimate of drug-likeness (QED) is 0.585. The van der Waals surface area contributed by atoms with Gasteiger partial charge in [0.2, 0.25) is 5.91 Å². The summed E-state index contributed by atoms with van der Waals surface area (Å²) in [6.07, 6.45) is 2.71. The van der Waals surface area contributed by atoms with Gasteiger partial charge in [0, 0.05) is 23.6 Å². The molecule has 0 saturated heterocycles. The smallest absolute Gasteiger partial charge is 0.270 e. The van der Waals surface area contributed by atoms with Gasteiger partial charge in [0.1, 0.15) is 11.3 Å². The highest BCUT2D eigenvalue weighted by atomic mass is 79.9. The number of carbonyl (C=O) groups excluding carboxylic acids is 2. The number of nitrogens with one attached hydrogen (secondary N) is 2. The summed E-state index contributed by atoms with van der Waals surface area (Å²) in [6, 6.07) is 11.3. The monoisotopic (exact) mass is 428 g/mol. The van der Waals surface area contributed by atoms with E-state index < -0.39 is 0 Å². The highest BCUT2D eigenvalue weighted by Crippen LogP contribution is 2.21. The van der Waals surface area contributed by atoms with Crippen LogP contribution in [0.1, 0.15) is 34.6 Å². The SMILES string of the molecule is Cc1nc2c(C)cccn2c1C(=O)NCCCC(=O)Nc1ccccc1Br. The lowest BCUT2D eigenvalue weighted by atomic mass is 10.2. The number of rotatable bonds is 6. The van der Waals surface area contributed by atoms with E-state index in [2.05, 4.69) is 31.5 Å². The minimum absolute atomic E-state index is 0.0854. The van der Waals surface area contributed by atoms with E-state index in [9.17, 15) is 9.59 Å². The normalized spacial score (nSPS) is 10.8. The minimum atomic E-state index is -0.184. The molecule has 0 spiro atoms. The molecule has 3 aromatic rings.